The molecule has 0 spiro atoms. The van der Waals surface area contributed by atoms with Gasteiger partial charge in [0.1, 0.15) is 5.75 Å². The second-order valence-electron chi connectivity index (χ2n) is 3.31. The fourth-order valence-corrected chi connectivity index (χ4v) is 2.48. The normalized spacial score (nSPS) is 11.2. The topological polar surface area (TPSA) is 91.5 Å². The summed E-state index contributed by atoms with van der Waals surface area (Å²) in [6.45, 7) is 1.90. The van der Waals surface area contributed by atoms with Crippen LogP contribution in [0, 0.1) is 0 Å². The van der Waals surface area contributed by atoms with E-state index in [9.17, 15) is 16.8 Å². The van der Waals surface area contributed by atoms with Crippen LogP contribution in [-0.2, 0) is 26.4 Å². The Balaban J connectivity index is 3.23. The van der Waals surface area contributed by atoms with Crippen LogP contribution in [0.4, 0.5) is 5.69 Å². The highest BCUT2D eigenvalue weighted by Crippen LogP contribution is 2.15. The summed E-state index contributed by atoms with van der Waals surface area (Å²) >= 11 is 0. The summed E-state index contributed by atoms with van der Waals surface area (Å²) in [6, 6.07) is 5.99. The standard InChI is InChI=1S/C9H11NO5S2/c1-2-10(16(11)12)9-5-3-4-8(6-9)7-17(13,14)15/h3-6H,2,7H2,1H3/p+1. The Morgan fingerprint density at radius 1 is 1.35 bits per heavy atom. The Morgan fingerprint density at radius 2 is 2.00 bits per heavy atom. The molecule has 6 nitrogen and oxygen atoms in total. The minimum absolute atomic E-state index is 0.242. The van der Waals surface area contributed by atoms with Crippen molar-refractivity contribution in [2.45, 2.75) is 12.7 Å². The lowest BCUT2D eigenvalue weighted by molar-refractivity contribution is -0.409. The average Bonchev–Trinajstić information content (AvgIpc) is 2.15. The number of hydrogen-bond acceptors (Lipinski definition) is 4. The van der Waals surface area contributed by atoms with E-state index in [-0.39, 0.29) is 6.54 Å². The van der Waals surface area contributed by atoms with Gasteiger partial charge in [-0.15, -0.1) is 8.42 Å². The average molecular weight is 278 g/mol. The number of nitrogens with zero attached hydrogens (tertiary/aromatic N) is 1. The van der Waals surface area contributed by atoms with E-state index in [4.69, 9.17) is 4.55 Å². The molecule has 0 aromatic heterocycles. The van der Waals surface area contributed by atoms with E-state index in [1.807, 2.05) is 0 Å². The molecule has 8 heteroatoms. The summed E-state index contributed by atoms with van der Waals surface area (Å²) in [5.74, 6) is -0.538. The van der Waals surface area contributed by atoms with Crippen molar-refractivity contribution in [2.75, 3.05) is 6.54 Å². The third-order valence-corrected chi connectivity index (χ3v) is 3.54. The van der Waals surface area contributed by atoms with Gasteiger partial charge in [0.15, 0.2) is 6.54 Å². The van der Waals surface area contributed by atoms with E-state index < -0.39 is 26.4 Å². The molecular formula is C9H12NO5S2+. The van der Waals surface area contributed by atoms with Crippen molar-refractivity contribution in [3.8, 4) is 0 Å². The maximum atomic E-state index is 10.9. The zero-order valence-corrected chi connectivity index (χ0v) is 10.7. The third kappa shape index (κ3) is 4.25. The van der Waals surface area contributed by atoms with Gasteiger partial charge in [0.2, 0.25) is 5.69 Å². The molecule has 1 rings (SSSR count). The molecule has 0 atom stereocenters. The highest BCUT2D eigenvalue weighted by atomic mass is 32.2. The molecule has 0 heterocycles. The molecule has 0 amide bonds. The summed E-state index contributed by atoms with van der Waals surface area (Å²) < 4.78 is 53.0. The zero-order valence-electron chi connectivity index (χ0n) is 9.07. The van der Waals surface area contributed by atoms with Crippen LogP contribution in [0.3, 0.4) is 0 Å². The fourth-order valence-electron chi connectivity index (χ4n) is 1.39. The second kappa shape index (κ2) is 5.39. The molecule has 0 aliphatic carbocycles. The number of benzene rings is 1. The van der Waals surface area contributed by atoms with Crippen LogP contribution in [0.5, 0.6) is 0 Å². The van der Waals surface area contributed by atoms with E-state index in [0.29, 0.717) is 11.3 Å². The highest BCUT2D eigenvalue weighted by Gasteiger charge is 2.13. The van der Waals surface area contributed by atoms with Gasteiger partial charge in [-0.2, -0.15) is 8.42 Å². The Labute approximate surface area is 101 Å². The van der Waals surface area contributed by atoms with Gasteiger partial charge in [-0.05, 0) is 12.5 Å². The molecule has 0 bridgehead atoms. The Kier molecular flexibility index (Phi) is 4.38. The lowest BCUT2D eigenvalue weighted by Gasteiger charge is -1.99. The monoisotopic (exact) mass is 278 g/mol. The molecule has 17 heavy (non-hydrogen) atoms. The van der Waals surface area contributed by atoms with Crippen LogP contribution >= 0.6 is 0 Å². The van der Waals surface area contributed by atoms with Crippen molar-refractivity contribution in [1.29, 1.82) is 0 Å². The maximum absolute atomic E-state index is 10.9. The minimum atomic E-state index is -4.12. The van der Waals surface area contributed by atoms with Crippen molar-refractivity contribution in [2.24, 2.45) is 0 Å². The van der Waals surface area contributed by atoms with E-state index >= 15 is 0 Å². The molecular weight excluding hydrogens is 266 g/mol. The van der Waals surface area contributed by atoms with Gasteiger partial charge in [-0.1, -0.05) is 16.1 Å². The summed E-state index contributed by atoms with van der Waals surface area (Å²) in [4.78, 5) is 0. The van der Waals surface area contributed by atoms with Crippen LogP contribution < -0.4 is 0 Å². The van der Waals surface area contributed by atoms with Gasteiger partial charge < -0.3 is 0 Å². The molecule has 0 radical (unpaired) electrons. The Morgan fingerprint density at radius 3 is 2.47 bits per heavy atom. The maximum Gasteiger partial charge on any atom is 0.465 e. The molecule has 0 fully saturated rings. The van der Waals surface area contributed by atoms with Gasteiger partial charge in [0, 0.05) is 12.1 Å². The van der Waals surface area contributed by atoms with Crippen LogP contribution in [0.1, 0.15) is 12.5 Å². The Bertz CT molecular complexity index is 638. The lowest BCUT2D eigenvalue weighted by atomic mass is 10.2. The first kappa shape index (κ1) is 13.8. The summed E-state index contributed by atoms with van der Waals surface area (Å²) in [6.07, 6.45) is 0. The molecule has 1 aromatic carbocycles. The smallest absolute Gasteiger partial charge is 0.285 e. The predicted octanol–water partition coefficient (Wildman–Crippen LogP) is 0.801. The van der Waals surface area contributed by atoms with Gasteiger partial charge in [-0.3, -0.25) is 4.55 Å². The molecule has 0 unspecified atom stereocenters. The van der Waals surface area contributed by atoms with Crippen LogP contribution in [0.2, 0.25) is 0 Å². The molecule has 1 N–H and O–H groups in total. The lowest BCUT2D eigenvalue weighted by Crippen LogP contribution is -2.05. The van der Waals surface area contributed by atoms with Crippen LogP contribution in [0.25, 0.3) is 0 Å². The van der Waals surface area contributed by atoms with Gasteiger partial charge in [0.25, 0.3) is 10.1 Å². The molecule has 0 aliphatic rings. The first-order valence-electron chi connectivity index (χ1n) is 4.74. The first-order chi connectivity index (χ1) is 7.83. The van der Waals surface area contributed by atoms with Gasteiger partial charge in [-0.25, -0.2) is 0 Å². The van der Waals surface area contributed by atoms with Crippen molar-refractivity contribution in [1.82, 2.24) is 0 Å². The third-order valence-electron chi connectivity index (χ3n) is 2.01. The first-order valence-corrected chi connectivity index (χ1v) is 7.38. The summed E-state index contributed by atoms with van der Waals surface area (Å²) in [5.41, 5.74) is 0.691. The zero-order chi connectivity index (χ0) is 13.1. The quantitative estimate of drug-likeness (QED) is 0.649. The van der Waals surface area contributed by atoms with E-state index in [1.54, 1.807) is 13.0 Å². The van der Waals surface area contributed by atoms with E-state index in [0.717, 1.165) is 3.95 Å². The van der Waals surface area contributed by atoms with Gasteiger partial charge >= 0.3 is 10.5 Å². The number of rotatable bonds is 4. The highest BCUT2D eigenvalue weighted by molar-refractivity contribution is 7.85. The van der Waals surface area contributed by atoms with Crippen molar-refractivity contribution in [3.63, 3.8) is 0 Å². The van der Waals surface area contributed by atoms with Crippen molar-refractivity contribution >= 4 is 26.3 Å². The van der Waals surface area contributed by atoms with Crippen LogP contribution in [0.15, 0.2) is 24.3 Å². The molecule has 94 valence electrons. The second-order valence-corrected chi connectivity index (χ2v) is 5.64. The molecule has 0 aliphatic heterocycles. The summed E-state index contributed by atoms with van der Waals surface area (Å²) in [5, 5.41) is 0. The minimum Gasteiger partial charge on any atom is -0.285 e. The van der Waals surface area contributed by atoms with Crippen molar-refractivity contribution < 1.29 is 25.3 Å². The Hall–Kier alpha value is -1.25. The van der Waals surface area contributed by atoms with Crippen molar-refractivity contribution in [3.05, 3.63) is 29.8 Å². The van der Waals surface area contributed by atoms with Crippen LogP contribution in [-0.4, -0.2) is 31.9 Å². The SMILES string of the molecule is CC[N+](c1cccc(CS(=O)(=O)O)c1)=S(=O)=O. The molecule has 1 aromatic rings. The van der Waals surface area contributed by atoms with E-state index in [2.05, 4.69) is 0 Å². The summed E-state index contributed by atoms with van der Waals surface area (Å²) in [7, 11) is -6.53. The molecule has 0 saturated heterocycles. The number of hydrogen-bond donors (Lipinski definition) is 1. The largest absolute Gasteiger partial charge is 0.465 e. The van der Waals surface area contributed by atoms with Gasteiger partial charge in [0.05, 0.1) is 0 Å². The van der Waals surface area contributed by atoms with E-state index in [1.165, 1.54) is 18.2 Å². The fraction of sp³-hybridized carbons (Fsp3) is 0.333. The predicted molar refractivity (Wildman–Crippen MR) is 61.1 cm³/mol. The molecule has 0 saturated carbocycles.